The van der Waals surface area contributed by atoms with E-state index >= 15 is 0 Å². The molecule has 5 heteroatoms. The minimum Gasteiger partial charge on any atom is -0.493 e. The molecule has 0 saturated heterocycles. The van der Waals surface area contributed by atoms with Gasteiger partial charge in [-0.25, -0.2) is 8.78 Å². The van der Waals surface area contributed by atoms with Crippen LogP contribution in [0.3, 0.4) is 0 Å². The highest BCUT2D eigenvalue weighted by Crippen LogP contribution is 2.32. The molecule has 19 heavy (non-hydrogen) atoms. The van der Waals surface area contributed by atoms with Gasteiger partial charge in [0.2, 0.25) is 0 Å². The Balaban J connectivity index is 2.67. The zero-order chi connectivity index (χ0) is 14.6. The van der Waals surface area contributed by atoms with Crippen LogP contribution < -0.4 is 10.5 Å². The van der Waals surface area contributed by atoms with Crippen molar-refractivity contribution in [2.75, 3.05) is 6.61 Å². The van der Waals surface area contributed by atoms with Crippen LogP contribution in [-0.4, -0.2) is 12.1 Å². The molecule has 2 N–H and O–H groups in total. The summed E-state index contributed by atoms with van der Waals surface area (Å²) >= 11 is 3.18. The van der Waals surface area contributed by atoms with Crippen LogP contribution in [0.5, 0.6) is 5.75 Å². The lowest BCUT2D eigenvalue weighted by atomic mass is 9.93. The quantitative estimate of drug-likeness (QED) is 0.828. The van der Waals surface area contributed by atoms with Crippen molar-refractivity contribution in [1.29, 1.82) is 0 Å². The third-order valence-electron chi connectivity index (χ3n) is 2.60. The Kier molecular flexibility index (Phi) is 5.74. The molecule has 0 aliphatic heterocycles. The molecule has 1 aromatic carbocycles. The molecule has 0 aliphatic carbocycles. The summed E-state index contributed by atoms with van der Waals surface area (Å²) < 4.78 is 31.9. The summed E-state index contributed by atoms with van der Waals surface area (Å²) in [6, 6.07) is 4.64. The van der Waals surface area contributed by atoms with Crippen molar-refractivity contribution in [3.05, 3.63) is 28.2 Å². The Hall–Kier alpha value is -0.680. The SMILES string of the molecule is C[C@H](COc1ccc(Br)cc1C(F)F)CC(C)(C)N. The highest BCUT2D eigenvalue weighted by molar-refractivity contribution is 9.10. The minimum absolute atomic E-state index is 0.0893. The summed E-state index contributed by atoms with van der Waals surface area (Å²) in [5, 5.41) is 0. The van der Waals surface area contributed by atoms with Crippen LogP contribution in [0.25, 0.3) is 0 Å². The van der Waals surface area contributed by atoms with E-state index in [9.17, 15) is 8.78 Å². The predicted octanol–water partition coefficient (Wildman–Crippen LogP) is 4.53. The first kappa shape index (κ1) is 16.4. The fourth-order valence-corrected chi connectivity index (χ4v) is 2.39. The summed E-state index contributed by atoms with van der Waals surface area (Å²) in [6.45, 7) is 6.25. The molecule has 0 spiro atoms. The zero-order valence-corrected chi connectivity index (χ0v) is 13.0. The molecule has 1 rings (SSSR count). The second kappa shape index (κ2) is 6.66. The van der Waals surface area contributed by atoms with E-state index in [4.69, 9.17) is 10.5 Å². The lowest BCUT2D eigenvalue weighted by Gasteiger charge is -2.23. The van der Waals surface area contributed by atoms with Gasteiger partial charge in [0.25, 0.3) is 6.43 Å². The number of ether oxygens (including phenoxy) is 1. The molecule has 0 saturated carbocycles. The molecule has 1 aromatic rings. The molecule has 0 amide bonds. The minimum atomic E-state index is -2.55. The number of benzene rings is 1. The van der Waals surface area contributed by atoms with Crippen LogP contribution in [0.1, 0.15) is 39.2 Å². The topological polar surface area (TPSA) is 35.2 Å². The monoisotopic (exact) mass is 335 g/mol. The van der Waals surface area contributed by atoms with Gasteiger partial charge in [-0.1, -0.05) is 22.9 Å². The third kappa shape index (κ3) is 5.87. The van der Waals surface area contributed by atoms with Crippen LogP contribution in [0, 0.1) is 5.92 Å². The molecule has 0 fully saturated rings. The van der Waals surface area contributed by atoms with Crippen LogP contribution in [-0.2, 0) is 0 Å². The molecule has 0 bridgehead atoms. The number of hydrogen-bond acceptors (Lipinski definition) is 2. The van der Waals surface area contributed by atoms with Crippen LogP contribution >= 0.6 is 15.9 Å². The average Bonchev–Trinajstić information content (AvgIpc) is 2.24. The first-order valence-electron chi connectivity index (χ1n) is 6.18. The van der Waals surface area contributed by atoms with E-state index in [1.54, 1.807) is 12.1 Å². The second-order valence-corrected chi connectivity index (χ2v) is 6.51. The van der Waals surface area contributed by atoms with Crippen LogP contribution in [0.15, 0.2) is 22.7 Å². The molecule has 1 atom stereocenters. The van der Waals surface area contributed by atoms with Gasteiger partial charge in [-0.2, -0.15) is 0 Å². The largest absolute Gasteiger partial charge is 0.493 e. The summed E-state index contributed by atoms with van der Waals surface area (Å²) in [5.41, 5.74) is 5.55. The molecule has 2 nitrogen and oxygen atoms in total. The van der Waals surface area contributed by atoms with Crippen molar-refractivity contribution in [1.82, 2.24) is 0 Å². The second-order valence-electron chi connectivity index (χ2n) is 5.59. The van der Waals surface area contributed by atoms with Crippen molar-refractivity contribution < 1.29 is 13.5 Å². The number of rotatable bonds is 6. The Bertz CT molecular complexity index is 418. The molecule has 0 unspecified atom stereocenters. The molecular weight excluding hydrogens is 316 g/mol. The Morgan fingerprint density at radius 1 is 1.37 bits per heavy atom. The van der Waals surface area contributed by atoms with E-state index in [1.807, 2.05) is 20.8 Å². The summed E-state index contributed by atoms with van der Waals surface area (Å²) in [4.78, 5) is 0. The molecule has 0 heterocycles. The molecular formula is C14H20BrF2NO. The van der Waals surface area contributed by atoms with Crippen molar-refractivity contribution >= 4 is 15.9 Å². The van der Waals surface area contributed by atoms with Crippen molar-refractivity contribution in [2.45, 2.75) is 39.2 Å². The maximum Gasteiger partial charge on any atom is 0.267 e. The Morgan fingerprint density at radius 3 is 2.53 bits per heavy atom. The normalized spacial score (nSPS) is 13.7. The number of alkyl halides is 2. The van der Waals surface area contributed by atoms with Gasteiger partial charge in [0.05, 0.1) is 12.2 Å². The maximum absolute atomic E-state index is 12.9. The Labute approximate surface area is 121 Å². The summed E-state index contributed by atoms with van der Waals surface area (Å²) in [6.07, 6.45) is -1.78. The Morgan fingerprint density at radius 2 is 2.00 bits per heavy atom. The van der Waals surface area contributed by atoms with Crippen LogP contribution in [0.4, 0.5) is 8.78 Å². The van der Waals surface area contributed by atoms with Gasteiger partial charge < -0.3 is 10.5 Å². The van der Waals surface area contributed by atoms with E-state index in [0.29, 0.717) is 11.1 Å². The van der Waals surface area contributed by atoms with E-state index in [-0.39, 0.29) is 22.8 Å². The molecule has 108 valence electrons. The fourth-order valence-electron chi connectivity index (χ4n) is 2.01. The standard InChI is InChI=1S/C14H20BrF2NO/c1-9(7-14(2,3)18)8-19-12-5-4-10(15)6-11(12)13(16)17/h4-6,9,13H,7-8,18H2,1-3H3/t9-/m0/s1. The molecule has 0 aliphatic rings. The lowest BCUT2D eigenvalue weighted by molar-refractivity contribution is 0.142. The first-order valence-corrected chi connectivity index (χ1v) is 6.97. The number of nitrogens with two attached hydrogens (primary N) is 1. The van der Waals surface area contributed by atoms with Crippen LogP contribution in [0.2, 0.25) is 0 Å². The summed E-state index contributed by atoms with van der Waals surface area (Å²) in [5.74, 6) is 0.439. The highest BCUT2D eigenvalue weighted by atomic mass is 79.9. The number of hydrogen-bond donors (Lipinski definition) is 1. The highest BCUT2D eigenvalue weighted by Gasteiger charge is 2.18. The van der Waals surface area contributed by atoms with E-state index in [0.717, 1.165) is 6.42 Å². The van der Waals surface area contributed by atoms with Crippen molar-refractivity contribution in [2.24, 2.45) is 11.7 Å². The predicted molar refractivity (Wildman–Crippen MR) is 76.6 cm³/mol. The average molecular weight is 336 g/mol. The maximum atomic E-state index is 12.9. The smallest absolute Gasteiger partial charge is 0.267 e. The zero-order valence-electron chi connectivity index (χ0n) is 11.4. The van der Waals surface area contributed by atoms with E-state index in [2.05, 4.69) is 15.9 Å². The van der Waals surface area contributed by atoms with Crippen molar-refractivity contribution in [3.63, 3.8) is 0 Å². The van der Waals surface area contributed by atoms with Gasteiger partial charge in [-0.3, -0.25) is 0 Å². The van der Waals surface area contributed by atoms with Gasteiger partial charge in [0, 0.05) is 10.0 Å². The van der Waals surface area contributed by atoms with E-state index in [1.165, 1.54) is 6.07 Å². The van der Waals surface area contributed by atoms with Gasteiger partial charge >= 0.3 is 0 Å². The van der Waals surface area contributed by atoms with E-state index < -0.39 is 6.43 Å². The van der Waals surface area contributed by atoms with Gasteiger partial charge in [0.1, 0.15) is 5.75 Å². The van der Waals surface area contributed by atoms with Gasteiger partial charge in [-0.05, 0) is 44.4 Å². The molecule has 0 aromatic heterocycles. The third-order valence-corrected chi connectivity index (χ3v) is 3.10. The van der Waals surface area contributed by atoms with Crippen molar-refractivity contribution in [3.8, 4) is 5.75 Å². The number of halogens is 3. The summed E-state index contributed by atoms with van der Waals surface area (Å²) in [7, 11) is 0. The van der Waals surface area contributed by atoms with Gasteiger partial charge in [0.15, 0.2) is 0 Å². The first-order chi connectivity index (χ1) is 8.69. The lowest BCUT2D eigenvalue weighted by Crippen LogP contribution is -2.35. The van der Waals surface area contributed by atoms with Gasteiger partial charge in [-0.15, -0.1) is 0 Å². The fraction of sp³-hybridized carbons (Fsp3) is 0.571. The molecule has 0 radical (unpaired) electrons.